The van der Waals surface area contributed by atoms with E-state index in [0.29, 0.717) is 0 Å². The van der Waals surface area contributed by atoms with Crippen LogP contribution in [0.25, 0.3) is 12.2 Å². The highest BCUT2D eigenvalue weighted by molar-refractivity contribution is 7.98. The van der Waals surface area contributed by atoms with E-state index in [1.165, 1.54) is 22.6 Å². The van der Waals surface area contributed by atoms with Gasteiger partial charge in [0, 0.05) is 16.8 Å². The van der Waals surface area contributed by atoms with E-state index in [2.05, 4.69) is 34.4 Å². The fraction of sp³-hybridized carbons (Fsp3) is 0.111. The van der Waals surface area contributed by atoms with Crippen LogP contribution in [0, 0.1) is 12.7 Å². The van der Waals surface area contributed by atoms with Crippen molar-refractivity contribution in [1.82, 2.24) is 9.97 Å². The number of aromatic nitrogens is 2. The molecule has 0 saturated carbocycles. The van der Waals surface area contributed by atoms with Gasteiger partial charge in [0.25, 0.3) is 0 Å². The first-order chi connectivity index (χ1) is 11.2. The van der Waals surface area contributed by atoms with Crippen molar-refractivity contribution >= 4 is 35.3 Å². The molecule has 0 aliphatic heterocycles. The van der Waals surface area contributed by atoms with Crippen LogP contribution in [0.3, 0.4) is 0 Å². The third kappa shape index (κ3) is 4.50. The molecular formula is C18H15FN2S2. The summed E-state index contributed by atoms with van der Waals surface area (Å²) < 4.78 is 12.9. The molecule has 0 aliphatic carbocycles. The normalized spacial score (nSPS) is 11.2. The van der Waals surface area contributed by atoms with Gasteiger partial charge >= 0.3 is 0 Å². The second-order valence-corrected chi connectivity index (χ2v) is 6.87. The van der Waals surface area contributed by atoms with Crippen molar-refractivity contribution in [2.75, 3.05) is 0 Å². The number of thiophene rings is 1. The minimum atomic E-state index is -0.217. The van der Waals surface area contributed by atoms with Crippen LogP contribution in [0.4, 0.5) is 4.39 Å². The largest absolute Gasteiger partial charge is 0.231 e. The van der Waals surface area contributed by atoms with Gasteiger partial charge in [0.05, 0.1) is 5.69 Å². The first-order valence-corrected chi connectivity index (χ1v) is 9.00. The average molecular weight is 342 g/mol. The number of halogens is 1. The molecule has 0 bridgehead atoms. The number of thioether (sulfide) groups is 1. The Morgan fingerprint density at radius 1 is 1.13 bits per heavy atom. The highest BCUT2D eigenvalue weighted by Gasteiger charge is 2.01. The molecule has 0 N–H and O–H groups in total. The lowest BCUT2D eigenvalue weighted by molar-refractivity contribution is 0.627. The molecule has 0 aliphatic rings. The molecule has 0 fully saturated rings. The average Bonchev–Trinajstić information content (AvgIpc) is 2.98. The van der Waals surface area contributed by atoms with E-state index in [4.69, 9.17) is 0 Å². The van der Waals surface area contributed by atoms with Crippen LogP contribution >= 0.6 is 23.1 Å². The summed E-state index contributed by atoms with van der Waals surface area (Å²) in [6.07, 6.45) is 5.85. The van der Waals surface area contributed by atoms with Crippen molar-refractivity contribution in [3.05, 3.63) is 75.5 Å². The zero-order valence-corrected chi connectivity index (χ0v) is 14.2. The van der Waals surface area contributed by atoms with Crippen molar-refractivity contribution in [3.8, 4) is 0 Å². The molecule has 5 heteroatoms. The maximum Gasteiger partial charge on any atom is 0.188 e. The van der Waals surface area contributed by atoms with Gasteiger partial charge in [-0.3, -0.25) is 0 Å². The molecular weight excluding hydrogens is 327 g/mol. The van der Waals surface area contributed by atoms with E-state index in [-0.39, 0.29) is 5.82 Å². The lowest BCUT2D eigenvalue weighted by Gasteiger charge is -2.01. The summed E-state index contributed by atoms with van der Waals surface area (Å²) in [5, 5.41) is 2.80. The second-order valence-electron chi connectivity index (χ2n) is 4.98. The molecule has 116 valence electrons. The number of rotatable bonds is 5. The lowest BCUT2D eigenvalue weighted by atomic mass is 10.2. The molecule has 0 atom stereocenters. The Balaban J connectivity index is 1.66. The Bertz CT molecular complexity index is 810. The predicted molar refractivity (Wildman–Crippen MR) is 96.0 cm³/mol. The number of aryl methyl sites for hydroxylation is 1. The summed E-state index contributed by atoms with van der Waals surface area (Å²) in [6.45, 7) is 2.10. The summed E-state index contributed by atoms with van der Waals surface area (Å²) in [6, 6.07) is 10.5. The number of hydrogen-bond donors (Lipinski definition) is 0. The highest BCUT2D eigenvalue weighted by Crippen LogP contribution is 2.21. The van der Waals surface area contributed by atoms with E-state index in [0.717, 1.165) is 22.2 Å². The van der Waals surface area contributed by atoms with E-state index < -0.39 is 0 Å². The quantitative estimate of drug-likeness (QED) is 0.455. The molecule has 2 aromatic heterocycles. The maximum atomic E-state index is 12.9. The fourth-order valence-corrected chi connectivity index (χ4v) is 3.57. The van der Waals surface area contributed by atoms with Crippen LogP contribution in [0.2, 0.25) is 0 Å². The van der Waals surface area contributed by atoms with Crippen LogP contribution in [0.15, 0.2) is 53.1 Å². The van der Waals surface area contributed by atoms with Crippen LogP contribution in [-0.2, 0) is 5.75 Å². The van der Waals surface area contributed by atoms with Gasteiger partial charge in [-0.05, 0) is 59.8 Å². The van der Waals surface area contributed by atoms with Gasteiger partial charge in [0.15, 0.2) is 5.16 Å². The molecule has 1 aromatic carbocycles. The fourth-order valence-electron chi connectivity index (χ4n) is 1.96. The van der Waals surface area contributed by atoms with Crippen LogP contribution in [0.5, 0.6) is 0 Å². The van der Waals surface area contributed by atoms with Gasteiger partial charge in [-0.15, -0.1) is 11.3 Å². The zero-order chi connectivity index (χ0) is 16.1. The summed E-state index contributed by atoms with van der Waals surface area (Å²) >= 11 is 3.26. The van der Waals surface area contributed by atoms with Crippen LogP contribution in [0.1, 0.15) is 21.7 Å². The van der Waals surface area contributed by atoms with Crippen molar-refractivity contribution in [2.45, 2.75) is 17.8 Å². The monoisotopic (exact) mass is 342 g/mol. The van der Waals surface area contributed by atoms with Crippen molar-refractivity contribution < 1.29 is 4.39 Å². The SMILES string of the molecule is Cc1ccsc1C=Cc1ccnc(SCc2ccc(F)cc2)n1. The van der Waals surface area contributed by atoms with E-state index in [9.17, 15) is 4.39 Å². The molecule has 0 radical (unpaired) electrons. The molecule has 3 aromatic rings. The van der Waals surface area contributed by atoms with Crippen molar-refractivity contribution in [1.29, 1.82) is 0 Å². The minimum Gasteiger partial charge on any atom is -0.231 e. The van der Waals surface area contributed by atoms with Gasteiger partial charge in [-0.2, -0.15) is 0 Å². The standard InChI is InChI=1S/C18H15FN2S2/c1-13-9-11-22-17(13)7-6-16-8-10-20-18(21-16)23-12-14-2-4-15(19)5-3-14/h2-11H,12H2,1H3. The maximum absolute atomic E-state index is 12.9. The van der Waals surface area contributed by atoms with Gasteiger partial charge in [-0.1, -0.05) is 23.9 Å². The molecule has 0 spiro atoms. The first kappa shape index (κ1) is 15.9. The Morgan fingerprint density at radius 3 is 2.70 bits per heavy atom. The predicted octanol–water partition coefficient (Wildman–Crippen LogP) is 5.45. The van der Waals surface area contributed by atoms with Gasteiger partial charge < -0.3 is 0 Å². The summed E-state index contributed by atoms with van der Waals surface area (Å²) in [5.74, 6) is 0.503. The number of benzene rings is 1. The molecule has 2 heterocycles. The summed E-state index contributed by atoms with van der Waals surface area (Å²) in [5.41, 5.74) is 3.20. The van der Waals surface area contributed by atoms with Crippen LogP contribution < -0.4 is 0 Å². The zero-order valence-electron chi connectivity index (χ0n) is 12.6. The molecule has 0 saturated heterocycles. The summed E-state index contributed by atoms with van der Waals surface area (Å²) in [7, 11) is 0. The smallest absolute Gasteiger partial charge is 0.188 e. The minimum absolute atomic E-state index is 0.217. The number of hydrogen-bond acceptors (Lipinski definition) is 4. The van der Waals surface area contributed by atoms with Crippen LogP contribution in [-0.4, -0.2) is 9.97 Å². The summed E-state index contributed by atoms with van der Waals surface area (Å²) in [4.78, 5) is 10.1. The van der Waals surface area contributed by atoms with Gasteiger partial charge in [0.2, 0.25) is 0 Å². The topological polar surface area (TPSA) is 25.8 Å². The van der Waals surface area contributed by atoms with Crippen molar-refractivity contribution in [3.63, 3.8) is 0 Å². The third-order valence-electron chi connectivity index (χ3n) is 3.24. The molecule has 3 rings (SSSR count). The Kier molecular flexibility index (Phi) is 5.20. The second kappa shape index (κ2) is 7.53. The van der Waals surface area contributed by atoms with E-state index >= 15 is 0 Å². The third-order valence-corrected chi connectivity index (χ3v) is 5.16. The van der Waals surface area contributed by atoms with E-state index in [1.54, 1.807) is 41.4 Å². The molecule has 2 nitrogen and oxygen atoms in total. The lowest BCUT2D eigenvalue weighted by Crippen LogP contribution is -1.90. The van der Waals surface area contributed by atoms with Crippen molar-refractivity contribution in [2.24, 2.45) is 0 Å². The number of nitrogens with zero attached hydrogens (tertiary/aromatic N) is 2. The Labute approximate surface area is 143 Å². The molecule has 0 amide bonds. The highest BCUT2D eigenvalue weighted by atomic mass is 32.2. The molecule has 0 unspecified atom stereocenters. The van der Waals surface area contributed by atoms with Gasteiger partial charge in [0.1, 0.15) is 5.82 Å². The Morgan fingerprint density at radius 2 is 1.96 bits per heavy atom. The van der Waals surface area contributed by atoms with E-state index in [1.807, 2.05) is 12.1 Å². The van der Waals surface area contributed by atoms with Gasteiger partial charge in [-0.25, -0.2) is 14.4 Å². The Hall–Kier alpha value is -1.98. The molecule has 23 heavy (non-hydrogen) atoms. The first-order valence-electron chi connectivity index (χ1n) is 7.13.